The van der Waals surface area contributed by atoms with E-state index >= 15 is 0 Å². The molecule has 1 unspecified atom stereocenters. The van der Waals surface area contributed by atoms with Crippen molar-refractivity contribution in [3.8, 4) is 5.75 Å². The molecule has 1 aliphatic rings. The molecule has 7 heteroatoms. The van der Waals surface area contributed by atoms with E-state index in [1.165, 1.54) is 0 Å². The molecule has 1 aromatic heterocycles. The quantitative estimate of drug-likeness (QED) is 0.929. The molecule has 0 saturated heterocycles. The van der Waals surface area contributed by atoms with Crippen LogP contribution in [0.3, 0.4) is 0 Å². The average Bonchev–Trinajstić information content (AvgIpc) is 2.90. The van der Waals surface area contributed by atoms with E-state index in [1.807, 2.05) is 31.2 Å². The van der Waals surface area contributed by atoms with E-state index in [-0.39, 0.29) is 6.04 Å². The number of rotatable bonds is 3. The molecular formula is C13H15N5OS. The minimum Gasteiger partial charge on any atom is -0.497 e. The minimum atomic E-state index is -0.203. The van der Waals surface area contributed by atoms with Crippen LogP contribution in [-0.2, 0) is 0 Å². The maximum atomic E-state index is 5.89. The largest absolute Gasteiger partial charge is 0.497 e. The maximum absolute atomic E-state index is 5.89. The molecule has 3 rings (SSSR count). The van der Waals surface area contributed by atoms with Crippen LogP contribution in [0.25, 0.3) is 0 Å². The summed E-state index contributed by atoms with van der Waals surface area (Å²) in [5, 5.41) is 13.6. The summed E-state index contributed by atoms with van der Waals surface area (Å²) in [5.41, 5.74) is 7.89. The fourth-order valence-corrected chi connectivity index (χ4v) is 2.82. The second-order valence-electron chi connectivity index (χ2n) is 4.51. The summed E-state index contributed by atoms with van der Waals surface area (Å²) >= 11 is 1.61. The molecular weight excluding hydrogens is 274 g/mol. The highest BCUT2D eigenvalue weighted by Gasteiger charge is 2.21. The fraction of sp³-hybridized carbons (Fsp3) is 0.308. The van der Waals surface area contributed by atoms with Crippen LogP contribution in [-0.4, -0.2) is 33.4 Å². The molecule has 104 valence electrons. The number of methoxy groups -OCH3 is 1. The number of benzene rings is 1. The van der Waals surface area contributed by atoms with Gasteiger partial charge in [-0.25, -0.2) is 0 Å². The van der Waals surface area contributed by atoms with E-state index in [0.29, 0.717) is 5.82 Å². The van der Waals surface area contributed by atoms with Crippen molar-refractivity contribution < 1.29 is 4.74 Å². The number of nitrogens with two attached hydrogens (primary N) is 1. The van der Waals surface area contributed by atoms with E-state index in [4.69, 9.17) is 10.5 Å². The van der Waals surface area contributed by atoms with Crippen LogP contribution in [0.15, 0.2) is 34.5 Å². The zero-order valence-corrected chi connectivity index (χ0v) is 12.1. The van der Waals surface area contributed by atoms with Gasteiger partial charge in [-0.3, -0.25) is 0 Å². The van der Waals surface area contributed by atoms with E-state index in [1.54, 1.807) is 23.5 Å². The Balaban J connectivity index is 2.02. The van der Waals surface area contributed by atoms with Gasteiger partial charge in [-0.2, -0.15) is 9.78 Å². The first kappa shape index (κ1) is 13.1. The molecule has 20 heavy (non-hydrogen) atoms. The van der Waals surface area contributed by atoms with E-state index in [9.17, 15) is 0 Å². The predicted molar refractivity (Wildman–Crippen MR) is 78.3 cm³/mol. The Morgan fingerprint density at radius 3 is 3.00 bits per heavy atom. The second kappa shape index (κ2) is 5.26. The molecule has 6 nitrogen and oxygen atoms in total. The molecule has 2 heterocycles. The highest BCUT2D eigenvalue weighted by molar-refractivity contribution is 7.99. The fourth-order valence-electron chi connectivity index (χ4n) is 1.97. The first-order chi connectivity index (χ1) is 9.69. The van der Waals surface area contributed by atoms with Crippen molar-refractivity contribution in [3.63, 3.8) is 0 Å². The summed E-state index contributed by atoms with van der Waals surface area (Å²) in [6.45, 7) is 1.87. The molecule has 1 atom stereocenters. The maximum Gasteiger partial charge on any atom is 0.212 e. The van der Waals surface area contributed by atoms with Gasteiger partial charge >= 0.3 is 0 Å². The number of hydrogen-bond donors (Lipinski definition) is 1. The zero-order valence-electron chi connectivity index (χ0n) is 11.3. The monoisotopic (exact) mass is 289 g/mol. The van der Waals surface area contributed by atoms with Crippen molar-refractivity contribution in [1.82, 2.24) is 14.9 Å². The van der Waals surface area contributed by atoms with Gasteiger partial charge in [0.2, 0.25) is 5.16 Å². The summed E-state index contributed by atoms with van der Waals surface area (Å²) < 4.78 is 6.98. The van der Waals surface area contributed by atoms with Crippen molar-refractivity contribution >= 4 is 17.5 Å². The van der Waals surface area contributed by atoms with Gasteiger partial charge in [-0.1, -0.05) is 23.9 Å². The van der Waals surface area contributed by atoms with Crippen molar-refractivity contribution in [1.29, 1.82) is 0 Å². The number of aromatic nitrogens is 3. The Labute approximate surface area is 121 Å². The van der Waals surface area contributed by atoms with Crippen molar-refractivity contribution in [2.45, 2.75) is 18.1 Å². The van der Waals surface area contributed by atoms with Crippen molar-refractivity contribution in [2.75, 3.05) is 12.9 Å². The van der Waals surface area contributed by atoms with Crippen LogP contribution in [0.5, 0.6) is 5.75 Å². The Morgan fingerprint density at radius 2 is 2.25 bits per heavy atom. The van der Waals surface area contributed by atoms with Gasteiger partial charge < -0.3 is 10.5 Å². The third kappa shape index (κ3) is 2.30. The van der Waals surface area contributed by atoms with E-state index in [0.717, 1.165) is 27.9 Å². The first-order valence-corrected chi connectivity index (χ1v) is 7.23. The lowest BCUT2D eigenvalue weighted by Crippen LogP contribution is -2.17. The second-order valence-corrected chi connectivity index (χ2v) is 5.45. The van der Waals surface area contributed by atoms with Crippen molar-refractivity contribution in [3.05, 3.63) is 35.7 Å². The molecule has 0 bridgehead atoms. The van der Waals surface area contributed by atoms with Crippen LogP contribution in [0.4, 0.5) is 0 Å². The van der Waals surface area contributed by atoms with Crippen LogP contribution in [0.2, 0.25) is 0 Å². The minimum absolute atomic E-state index is 0.203. The van der Waals surface area contributed by atoms with Gasteiger partial charge in [0.15, 0.2) is 5.82 Å². The topological polar surface area (TPSA) is 78.3 Å². The average molecular weight is 289 g/mol. The number of ether oxygens (including phenoxy) is 1. The summed E-state index contributed by atoms with van der Waals surface area (Å²) in [6, 6.07) is 7.65. The third-order valence-electron chi connectivity index (χ3n) is 3.01. The molecule has 2 aromatic rings. The van der Waals surface area contributed by atoms with Crippen molar-refractivity contribution in [2.24, 2.45) is 10.8 Å². The highest BCUT2D eigenvalue weighted by atomic mass is 32.2. The van der Waals surface area contributed by atoms with Crippen LogP contribution >= 0.6 is 11.8 Å². The first-order valence-electron chi connectivity index (χ1n) is 6.25. The molecule has 0 fully saturated rings. The Bertz CT molecular complexity index is 665. The molecule has 0 spiro atoms. The lowest BCUT2D eigenvalue weighted by molar-refractivity contribution is 0.414. The van der Waals surface area contributed by atoms with E-state index < -0.39 is 0 Å². The summed E-state index contributed by atoms with van der Waals surface area (Å²) in [6.07, 6.45) is 0. The SMILES string of the molecule is COc1cccc(C2=Nn3c(nnc3C(C)N)SC2)c1. The van der Waals surface area contributed by atoms with Crippen LogP contribution in [0, 0.1) is 0 Å². The molecule has 0 saturated carbocycles. The number of nitrogens with zero attached hydrogens (tertiary/aromatic N) is 4. The number of fused-ring (bicyclic) bond motifs is 1. The van der Waals surface area contributed by atoms with E-state index in [2.05, 4.69) is 15.3 Å². The lowest BCUT2D eigenvalue weighted by atomic mass is 10.1. The Morgan fingerprint density at radius 1 is 1.40 bits per heavy atom. The standard InChI is InChI=1S/C13H15N5OS/c1-8(14)12-15-16-13-18(12)17-11(7-20-13)9-4-3-5-10(6-9)19-2/h3-6,8H,7,14H2,1-2H3. The summed E-state index contributed by atoms with van der Waals surface area (Å²) in [5.74, 6) is 2.24. The molecule has 1 aliphatic heterocycles. The number of hydrogen-bond acceptors (Lipinski definition) is 6. The van der Waals surface area contributed by atoms with Gasteiger partial charge in [-0.15, -0.1) is 10.2 Å². The molecule has 0 aliphatic carbocycles. The van der Waals surface area contributed by atoms with Gasteiger partial charge in [0.25, 0.3) is 0 Å². The third-order valence-corrected chi connectivity index (χ3v) is 3.94. The number of thioether (sulfide) groups is 1. The lowest BCUT2D eigenvalue weighted by Gasteiger charge is -2.15. The summed E-state index contributed by atoms with van der Waals surface area (Å²) in [4.78, 5) is 0. The summed E-state index contributed by atoms with van der Waals surface area (Å²) in [7, 11) is 1.66. The van der Waals surface area contributed by atoms with Crippen LogP contribution < -0.4 is 10.5 Å². The molecule has 0 amide bonds. The smallest absolute Gasteiger partial charge is 0.212 e. The van der Waals surface area contributed by atoms with Gasteiger partial charge in [-0.05, 0) is 19.1 Å². The van der Waals surface area contributed by atoms with Gasteiger partial charge in [0, 0.05) is 11.3 Å². The highest BCUT2D eigenvalue weighted by Crippen LogP contribution is 2.26. The molecule has 2 N–H and O–H groups in total. The normalized spacial score (nSPS) is 15.4. The Hall–Kier alpha value is -1.86. The van der Waals surface area contributed by atoms with Gasteiger partial charge in [0.05, 0.1) is 18.9 Å². The predicted octanol–water partition coefficient (Wildman–Crippen LogP) is 1.66. The van der Waals surface area contributed by atoms with Crippen LogP contribution in [0.1, 0.15) is 24.4 Å². The van der Waals surface area contributed by atoms with Gasteiger partial charge in [0.1, 0.15) is 5.75 Å². The Kier molecular flexibility index (Phi) is 3.45. The zero-order chi connectivity index (χ0) is 14.1. The molecule has 0 radical (unpaired) electrons. The molecule has 1 aromatic carbocycles.